The monoisotopic (exact) mass is 469 g/mol. The number of benzene rings is 2. The fourth-order valence-electron chi connectivity index (χ4n) is 3.73. The normalized spacial score (nSPS) is 15.9. The van der Waals surface area contributed by atoms with Crippen molar-refractivity contribution in [2.24, 2.45) is 5.10 Å². The molecule has 1 aliphatic rings. The summed E-state index contributed by atoms with van der Waals surface area (Å²) in [5.74, 6) is -7.57. The number of carboxylic acid groups (broad SMARTS) is 1. The van der Waals surface area contributed by atoms with Gasteiger partial charge < -0.3 is 5.11 Å². The zero-order valence-corrected chi connectivity index (χ0v) is 17.9. The minimum atomic E-state index is -4.12. The number of alkyl halides is 2. The summed E-state index contributed by atoms with van der Waals surface area (Å²) in [6.07, 6.45) is 1.70. The third-order valence-corrected chi connectivity index (χ3v) is 5.53. The minimum Gasteiger partial charge on any atom is -0.481 e. The van der Waals surface area contributed by atoms with Crippen LogP contribution >= 0.6 is 11.6 Å². The zero-order chi connectivity index (χ0) is 23.6. The first-order valence-corrected chi connectivity index (χ1v) is 10.4. The third kappa shape index (κ3) is 4.75. The molecule has 6 nitrogen and oxygen atoms in total. The lowest BCUT2D eigenvalue weighted by Gasteiger charge is -2.25. The number of halogens is 3. The molecule has 2 heterocycles. The summed E-state index contributed by atoms with van der Waals surface area (Å²) in [7, 11) is 0. The lowest BCUT2D eigenvalue weighted by Crippen LogP contribution is -2.42. The molecule has 1 unspecified atom stereocenters. The van der Waals surface area contributed by atoms with Gasteiger partial charge in [0.05, 0.1) is 11.8 Å². The molecule has 0 saturated carbocycles. The number of aliphatic carboxylic acids is 1. The topological polar surface area (TPSA) is 82.9 Å². The van der Waals surface area contributed by atoms with E-state index in [9.17, 15) is 18.4 Å². The molecule has 3 aromatic rings. The summed E-state index contributed by atoms with van der Waals surface area (Å²) in [5, 5.41) is 14.2. The predicted octanol–water partition coefficient (Wildman–Crippen LogP) is 5.19. The molecule has 1 amide bonds. The quantitative estimate of drug-likeness (QED) is 0.538. The van der Waals surface area contributed by atoms with Gasteiger partial charge in [0.25, 0.3) is 0 Å². The first-order chi connectivity index (χ1) is 15.8. The van der Waals surface area contributed by atoms with Crippen molar-refractivity contribution in [3.63, 3.8) is 0 Å². The number of amides is 1. The number of hydrazone groups is 1. The number of carboxylic acids is 1. The molecular weight excluding hydrogens is 452 g/mol. The smallest absolute Gasteiger partial charge is 0.337 e. The van der Waals surface area contributed by atoms with Crippen LogP contribution in [0.15, 0.2) is 78.2 Å². The van der Waals surface area contributed by atoms with E-state index in [1.165, 1.54) is 0 Å². The Morgan fingerprint density at radius 2 is 1.76 bits per heavy atom. The molecule has 0 bridgehead atoms. The van der Waals surface area contributed by atoms with E-state index >= 15 is 0 Å². The molecule has 1 aliphatic heterocycles. The van der Waals surface area contributed by atoms with Crippen LogP contribution in [-0.4, -0.2) is 38.6 Å². The summed E-state index contributed by atoms with van der Waals surface area (Å²) in [6, 6.07) is 16.8. The zero-order valence-electron chi connectivity index (χ0n) is 17.2. The SMILES string of the molecule is O=C(O)CC(F)(F)C(=O)N1N=C(c2cnccc2-c2ccccc2)CC1c1ccc(Cl)cc1. The van der Waals surface area contributed by atoms with Crippen LogP contribution in [0.25, 0.3) is 11.1 Å². The predicted molar refractivity (Wildman–Crippen MR) is 119 cm³/mol. The fourth-order valence-corrected chi connectivity index (χ4v) is 3.86. The maximum absolute atomic E-state index is 14.5. The Morgan fingerprint density at radius 3 is 2.42 bits per heavy atom. The number of hydrogen-bond acceptors (Lipinski definition) is 4. The van der Waals surface area contributed by atoms with Gasteiger partial charge >= 0.3 is 17.8 Å². The van der Waals surface area contributed by atoms with Gasteiger partial charge in [0.1, 0.15) is 6.42 Å². The Morgan fingerprint density at radius 1 is 1.06 bits per heavy atom. The molecule has 2 aromatic carbocycles. The third-order valence-electron chi connectivity index (χ3n) is 5.28. The molecule has 0 aliphatic carbocycles. The van der Waals surface area contributed by atoms with E-state index in [1.807, 2.05) is 30.3 Å². The van der Waals surface area contributed by atoms with Crippen molar-refractivity contribution in [3.8, 4) is 11.1 Å². The van der Waals surface area contributed by atoms with E-state index in [1.54, 1.807) is 42.7 Å². The molecule has 9 heteroatoms. The Balaban J connectivity index is 1.78. The van der Waals surface area contributed by atoms with Crippen molar-refractivity contribution in [2.75, 3.05) is 0 Å². The van der Waals surface area contributed by atoms with Crippen LogP contribution in [0.1, 0.15) is 30.0 Å². The van der Waals surface area contributed by atoms with Gasteiger partial charge in [0, 0.05) is 29.4 Å². The van der Waals surface area contributed by atoms with E-state index in [0.717, 1.165) is 11.1 Å². The summed E-state index contributed by atoms with van der Waals surface area (Å²) >= 11 is 5.96. The molecule has 1 atom stereocenters. The molecule has 1 aromatic heterocycles. The van der Waals surface area contributed by atoms with Crippen LogP contribution in [0.2, 0.25) is 5.02 Å². The Labute approximate surface area is 193 Å². The van der Waals surface area contributed by atoms with Gasteiger partial charge in [-0.3, -0.25) is 14.6 Å². The van der Waals surface area contributed by atoms with Gasteiger partial charge in [-0.25, -0.2) is 5.01 Å². The molecule has 0 spiro atoms. The van der Waals surface area contributed by atoms with Crippen molar-refractivity contribution in [3.05, 3.63) is 89.2 Å². The van der Waals surface area contributed by atoms with Crippen LogP contribution in [0.4, 0.5) is 8.78 Å². The summed E-state index contributed by atoms with van der Waals surface area (Å²) in [4.78, 5) is 27.8. The van der Waals surface area contributed by atoms with Crippen LogP contribution < -0.4 is 0 Å². The number of hydrogen-bond donors (Lipinski definition) is 1. The molecular formula is C24H18ClF2N3O3. The number of rotatable bonds is 6. The summed E-state index contributed by atoms with van der Waals surface area (Å²) in [5.41, 5.74) is 3.19. The summed E-state index contributed by atoms with van der Waals surface area (Å²) in [6.45, 7) is 0. The van der Waals surface area contributed by atoms with Crippen LogP contribution in [0, 0.1) is 0 Å². The molecule has 33 heavy (non-hydrogen) atoms. The van der Waals surface area contributed by atoms with Gasteiger partial charge in [-0.15, -0.1) is 0 Å². The average Bonchev–Trinajstić information content (AvgIpc) is 3.24. The minimum absolute atomic E-state index is 0.141. The molecule has 0 radical (unpaired) electrons. The van der Waals surface area contributed by atoms with Crippen molar-refractivity contribution in [2.45, 2.75) is 24.8 Å². The highest BCUT2D eigenvalue weighted by atomic mass is 35.5. The Kier molecular flexibility index (Phi) is 6.20. The molecule has 0 fully saturated rings. The number of nitrogens with zero attached hydrogens (tertiary/aromatic N) is 3. The van der Waals surface area contributed by atoms with E-state index in [-0.39, 0.29) is 6.42 Å². The van der Waals surface area contributed by atoms with Gasteiger partial charge in [0.15, 0.2) is 0 Å². The van der Waals surface area contributed by atoms with E-state index in [0.29, 0.717) is 26.9 Å². The Bertz CT molecular complexity index is 1220. The first kappa shape index (κ1) is 22.5. The molecule has 1 N–H and O–H groups in total. The Hall–Kier alpha value is -3.65. The number of carbonyl (C=O) groups is 2. The van der Waals surface area contributed by atoms with Gasteiger partial charge in [-0.2, -0.15) is 13.9 Å². The number of pyridine rings is 1. The average molecular weight is 470 g/mol. The van der Waals surface area contributed by atoms with Crippen molar-refractivity contribution >= 4 is 29.2 Å². The lowest BCUT2D eigenvalue weighted by atomic mass is 9.94. The maximum Gasteiger partial charge on any atom is 0.337 e. The molecule has 4 rings (SSSR count). The largest absolute Gasteiger partial charge is 0.481 e. The van der Waals surface area contributed by atoms with Crippen LogP contribution in [0.3, 0.4) is 0 Å². The standard InChI is InChI=1S/C24H18ClF2N3O3/c25-17-8-6-16(7-9-17)21-12-20(29-30(21)23(33)24(26,27)13-22(31)32)19-14-28-11-10-18(19)15-4-2-1-3-5-15/h1-11,14,21H,12-13H2,(H,31,32). The maximum atomic E-state index is 14.5. The van der Waals surface area contributed by atoms with E-state index in [2.05, 4.69) is 10.1 Å². The highest BCUT2D eigenvalue weighted by Gasteiger charge is 2.48. The molecule has 0 saturated heterocycles. The first-order valence-electron chi connectivity index (χ1n) is 10.0. The van der Waals surface area contributed by atoms with E-state index in [4.69, 9.17) is 16.7 Å². The second-order valence-corrected chi connectivity index (χ2v) is 7.97. The van der Waals surface area contributed by atoms with Crippen LogP contribution in [-0.2, 0) is 9.59 Å². The van der Waals surface area contributed by atoms with Gasteiger partial charge in [-0.05, 0) is 34.9 Å². The second-order valence-electron chi connectivity index (χ2n) is 7.53. The highest BCUT2D eigenvalue weighted by Crippen LogP contribution is 2.38. The van der Waals surface area contributed by atoms with Crippen molar-refractivity contribution < 1.29 is 23.5 Å². The number of carbonyl (C=O) groups excluding carboxylic acids is 1. The lowest BCUT2D eigenvalue weighted by molar-refractivity contribution is -0.167. The second kappa shape index (κ2) is 9.07. The van der Waals surface area contributed by atoms with Gasteiger partial charge in [0.2, 0.25) is 0 Å². The van der Waals surface area contributed by atoms with Crippen LogP contribution in [0.5, 0.6) is 0 Å². The summed E-state index contributed by atoms with van der Waals surface area (Å²) < 4.78 is 28.9. The fraction of sp³-hybridized carbons (Fsp3) is 0.167. The van der Waals surface area contributed by atoms with Crippen molar-refractivity contribution in [1.29, 1.82) is 0 Å². The number of aromatic nitrogens is 1. The molecule has 168 valence electrons. The highest BCUT2D eigenvalue weighted by molar-refractivity contribution is 6.30. The van der Waals surface area contributed by atoms with E-state index < -0.39 is 30.3 Å². The van der Waals surface area contributed by atoms with Gasteiger partial charge in [-0.1, -0.05) is 54.1 Å². The van der Waals surface area contributed by atoms with Crippen molar-refractivity contribution in [1.82, 2.24) is 9.99 Å².